The molecule has 1 saturated heterocycles. The van der Waals surface area contributed by atoms with Gasteiger partial charge in [-0.3, -0.25) is 0 Å². The van der Waals surface area contributed by atoms with Crippen LogP contribution in [0.3, 0.4) is 0 Å². The van der Waals surface area contributed by atoms with Crippen molar-refractivity contribution in [1.82, 2.24) is 9.97 Å². The summed E-state index contributed by atoms with van der Waals surface area (Å²) >= 11 is 8.03. The van der Waals surface area contributed by atoms with Crippen LogP contribution in [0.5, 0.6) is 0 Å². The Morgan fingerprint density at radius 2 is 1.80 bits per heavy atom. The highest BCUT2D eigenvalue weighted by Gasteiger charge is 2.23. The van der Waals surface area contributed by atoms with E-state index in [4.69, 9.17) is 11.6 Å². The van der Waals surface area contributed by atoms with Crippen LogP contribution in [0.4, 0.5) is 5.82 Å². The van der Waals surface area contributed by atoms with Gasteiger partial charge in [-0.2, -0.15) is 4.98 Å². The fourth-order valence-electron chi connectivity index (χ4n) is 3.61. The van der Waals surface area contributed by atoms with E-state index >= 15 is 0 Å². The van der Waals surface area contributed by atoms with Crippen molar-refractivity contribution in [3.05, 3.63) is 40.0 Å². The van der Waals surface area contributed by atoms with Gasteiger partial charge in [0.05, 0.1) is 5.39 Å². The van der Waals surface area contributed by atoms with E-state index in [0.29, 0.717) is 5.28 Å². The second-order valence-corrected chi connectivity index (χ2v) is 8.09. The molecule has 0 N–H and O–H groups in total. The van der Waals surface area contributed by atoms with Gasteiger partial charge in [-0.1, -0.05) is 36.8 Å². The molecule has 0 radical (unpaired) electrons. The number of halogens is 1. The second kappa shape index (κ2) is 6.93. The van der Waals surface area contributed by atoms with Crippen molar-refractivity contribution in [3.63, 3.8) is 0 Å². The minimum atomic E-state index is 0.354. The number of rotatable bonds is 3. The van der Waals surface area contributed by atoms with Gasteiger partial charge < -0.3 is 4.90 Å². The van der Waals surface area contributed by atoms with E-state index in [-0.39, 0.29) is 0 Å². The molecule has 3 heterocycles. The zero-order chi connectivity index (χ0) is 17.4. The number of hydrogen-bond acceptors (Lipinski definition) is 4. The van der Waals surface area contributed by atoms with Crippen molar-refractivity contribution in [2.75, 3.05) is 18.0 Å². The molecule has 0 bridgehead atoms. The molecule has 130 valence electrons. The molecular formula is C20H22ClN3S. The van der Waals surface area contributed by atoms with Crippen LogP contribution in [0.15, 0.2) is 24.3 Å². The zero-order valence-electron chi connectivity index (χ0n) is 14.7. The van der Waals surface area contributed by atoms with Gasteiger partial charge >= 0.3 is 0 Å². The minimum Gasteiger partial charge on any atom is -0.356 e. The van der Waals surface area contributed by atoms with E-state index in [1.807, 2.05) is 0 Å². The highest BCUT2D eigenvalue weighted by Crippen LogP contribution is 2.43. The van der Waals surface area contributed by atoms with E-state index in [2.05, 4.69) is 53.0 Å². The Kier molecular flexibility index (Phi) is 4.65. The van der Waals surface area contributed by atoms with E-state index in [0.717, 1.165) is 30.2 Å². The first-order chi connectivity index (χ1) is 12.2. The van der Waals surface area contributed by atoms with Crippen LogP contribution in [0, 0.1) is 6.92 Å². The third-order valence-electron chi connectivity index (χ3n) is 4.90. The molecular weight excluding hydrogens is 350 g/mol. The standard InChI is InChI=1S/C20H22ClN3S/c1-3-15-16(14-9-7-13(2)8-10-14)17-18(24-11-5-4-6-12-24)22-20(21)23-19(17)25-15/h7-10H,3-6,11-12H2,1-2H3. The number of aryl methyl sites for hydroxylation is 2. The smallest absolute Gasteiger partial charge is 0.225 e. The first-order valence-corrected chi connectivity index (χ1v) is 10.2. The number of fused-ring (bicyclic) bond motifs is 1. The van der Waals surface area contributed by atoms with Crippen molar-refractivity contribution in [2.45, 2.75) is 39.5 Å². The zero-order valence-corrected chi connectivity index (χ0v) is 16.3. The maximum absolute atomic E-state index is 6.27. The molecule has 0 spiro atoms. The highest BCUT2D eigenvalue weighted by atomic mass is 35.5. The predicted molar refractivity (Wildman–Crippen MR) is 108 cm³/mol. The molecule has 1 aliphatic heterocycles. The molecule has 1 fully saturated rings. The number of anilines is 1. The van der Waals surface area contributed by atoms with Gasteiger partial charge in [-0.25, -0.2) is 4.98 Å². The van der Waals surface area contributed by atoms with Crippen LogP contribution in [0.2, 0.25) is 5.28 Å². The van der Waals surface area contributed by atoms with Gasteiger partial charge in [-0.15, -0.1) is 11.3 Å². The van der Waals surface area contributed by atoms with E-state index in [9.17, 15) is 0 Å². The Balaban J connectivity index is 1.98. The van der Waals surface area contributed by atoms with Crippen LogP contribution in [0.25, 0.3) is 21.3 Å². The third kappa shape index (κ3) is 3.13. The average molecular weight is 372 g/mol. The average Bonchev–Trinajstić information content (AvgIpc) is 3.00. The van der Waals surface area contributed by atoms with Crippen LogP contribution >= 0.6 is 22.9 Å². The van der Waals surface area contributed by atoms with Crippen LogP contribution in [0.1, 0.15) is 36.6 Å². The number of aromatic nitrogens is 2. The van der Waals surface area contributed by atoms with Crippen LogP contribution in [-0.2, 0) is 6.42 Å². The van der Waals surface area contributed by atoms with Gasteiger partial charge in [-0.05, 0) is 49.8 Å². The van der Waals surface area contributed by atoms with Crippen molar-refractivity contribution in [3.8, 4) is 11.1 Å². The normalized spacial score (nSPS) is 15.1. The fraction of sp³-hybridized carbons (Fsp3) is 0.400. The molecule has 25 heavy (non-hydrogen) atoms. The summed E-state index contributed by atoms with van der Waals surface area (Å²) in [4.78, 5) is 14.0. The Morgan fingerprint density at radius 1 is 1.08 bits per heavy atom. The number of piperidine rings is 1. The number of nitrogens with zero attached hydrogens (tertiary/aromatic N) is 3. The second-order valence-electron chi connectivity index (χ2n) is 6.66. The summed E-state index contributed by atoms with van der Waals surface area (Å²) in [6, 6.07) is 8.78. The van der Waals surface area contributed by atoms with E-state index < -0.39 is 0 Å². The largest absolute Gasteiger partial charge is 0.356 e. The molecule has 1 aliphatic rings. The Bertz CT molecular complexity index is 895. The topological polar surface area (TPSA) is 29.0 Å². The summed E-state index contributed by atoms with van der Waals surface area (Å²) in [6.45, 7) is 6.43. The number of thiophene rings is 1. The van der Waals surface area contributed by atoms with Crippen molar-refractivity contribution < 1.29 is 0 Å². The SMILES string of the molecule is CCc1sc2nc(Cl)nc(N3CCCCC3)c2c1-c1ccc(C)cc1. The Hall–Kier alpha value is -1.65. The van der Waals surface area contributed by atoms with Crippen LogP contribution < -0.4 is 4.90 Å². The lowest BCUT2D eigenvalue weighted by atomic mass is 10.0. The molecule has 0 aliphatic carbocycles. The first-order valence-electron chi connectivity index (χ1n) is 8.98. The molecule has 0 saturated carbocycles. The summed E-state index contributed by atoms with van der Waals surface area (Å²) in [6.07, 6.45) is 4.72. The van der Waals surface area contributed by atoms with Crippen molar-refractivity contribution >= 4 is 39.0 Å². The van der Waals surface area contributed by atoms with E-state index in [1.54, 1.807) is 11.3 Å². The minimum absolute atomic E-state index is 0.354. The third-order valence-corrected chi connectivity index (χ3v) is 6.29. The number of hydrogen-bond donors (Lipinski definition) is 0. The van der Waals surface area contributed by atoms with Gasteiger partial charge in [0, 0.05) is 23.5 Å². The van der Waals surface area contributed by atoms with Crippen molar-refractivity contribution in [1.29, 1.82) is 0 Å². The van der Waals surface area contributed by atoms with Gasteiger partial charge in [0.2, 0.25) is 5.28 Å². The lowest BCUT2D eigenvalue weighted by Crippen LogP contribution is -2.30. The molecule has 3 aromatic rings. The summed E-state index contributed by atoms with van der Waals surface area (Å²) < 4.78 is 0. The quantitative estimate of drug-likeness (QED) is 0.539. The van der Waals surface area contributed by atoms with Gasteiger partial charge in [0.1, 0.15) is 10.6 Å². The molecule has 3 nitrogen and oxygen atoms in total. The molecule has 5 heteroatoms. The highest BCUT2D eigenvalue weighted by molar-refractivity contribution is 7.19. The fourth-order valence-corrected chi connectivity index (χ4v) is 4.95. The lowest BCUT2D eigenvalue weighted by molar-refractivity contribution is 0.574. The van der Waals surface area contributed by atoms with E-state index in [1.165, 1.54) is 46.2 Å². The Labute approximate surface area is 157 Å². The van der Waals surface area contributed by atoms with Gasteiger partial charge in [0.15, 0.2) is 0 Å². The van der Waals surface area contributed by atoms with Crippen LogP contribution in [-0.4, -0.2) is 23.1 Å². The maximum atomic E-state index is 6.27. The Morgan fingerprint density at radius 3 is 2.48 bits per heavy atom. The molecule has 0 amide bonds. The summed E-state index contributed by atoms with van der Waals surface area (Å²) in [7, 11) is 0. The summed E-state index contributed by atoms with van der Waals surface area (Å²) in [5.74, 6) is 1.02. The molecule has 1 aromatic carbocycles. The maximum Gasteiger partial charge on any atom is 0.225 e. The molecule has 4 rings (SSSR count). The monoisotopic (exact) mass is 371 g/mol. The summed E-state index contributed by atoms with van der Waals surface area (Å²) in [5, 5.41) is 1.53. The molecule has 0 unspecified atom stereocenters. The van der Waals surface area contributed by atoms with Crippen molar-refractivity contribution in [2.24, 2.45) is 0 Å². The summed E-state index contributed by atoms with van der Waals surface area (Å²) in [5.41, 5.74) is 3.81. The molecule has 2 aromatic heterocycles. The predicted octanol–water partition coefficient (Wildman–Crippen LogP) is 5.87. The lowest BCUT2D eigenvalue weighted by Gasteiger charge is -2.28. The van der Waals surface area contributed by atoms with Gasteiger partial charge in [0.25, 0.3) is 0 Å². The number of benzene rings is 1. The molecule has 0 atom stereocenters. The first kappa shape index (κ1) is 16.8.